The lowest BCUT2D eigenvalue weighted by Gasteiger charge is -2.12. The number of carbonyl (C=O) groups is 1. The second-order valence-electron chi connectivity index (χ2n) is 3.17. The van der Waals surface area contributed by atoms with Gasteiger partial charge >= 0.3 is 5.97 Å². The Hall–Kier alpha value is -0.830. The van der Waals surface area contributed by atoms with Crippen LogP contribution in [-0.4, -0.2) is 22.3 Å². The molecule has 0 aromatic heterocycles. The Morgan fingerprint density at radius 2 is 2.25 bits per heavy atom. The molecule has 0 spiro atoms. The predicted molar refractivity (Wildman–Crippen MR) is 44.8 cm³/mol. The minimum Gasteiger partial charge on any atom is -0.478 e. The van der Waals surface area contributed by atoms with E-state index in [0.29, 0.717) is 18.4 Å². The molecule has 1 aliphatic rings. The maximum absolute atomic E-state index is 10.6. The van der Waals surface area contributed by atoms with Crippen LogP contribution in [0.3, 0.4) is 0 Å². The van der Waals surface area contributed by atoms with E-state index in [2.05, 4.69) is 0 Å². The molecule has 0 aromatic rings. The molecule has 12 heavy (non-hydrogen) atoms. The number of aliphatic hydroxyl groups excluding tert-OH is 1. The normalized spacial score (nSPS) is 29.8. The summed E-state index contributed by atoms with van der Waals surface area (Å²) in [5, 5.41) is 18.0. The van der Waals surface area contributed by atoms with Gasteiger partial charge in [0.2, 0.25) is 0 Å². The summed E-state index contributed by atoms with van der Waals surface area (Å²) in [5.41, 5.74) is 0.453. The summed E-state index contributed by atoms with van der Waals surface area (Å²) in [4.78, 5) is 10.6. The standard InChI is InChI=1S/C9H14O3/c10-8-4-2-1-3-7(5-6-8)9(11)12/h5,8,10H,1-4,6H2,(H,11,12)/b7-5+. The third-order valence-corrected chi connectivity index (χ3v) is 2.14. The van der Waals surface area contributed by atoms with Crippen LogP contribution in [0.15, 0.2) is 11.6 Å². The van der Waals surface area contributed by atoms with E-state index in [9.17, 15) is 9.90 Å². The first-order valence-corrected chi connectivity index (χ1v) is 4.30. The van der Waals surface area contributed by atoms with Crippen LogP contribution in [-0.2, 0) is 4.79 Å². The number of carboxylic acid groups (broad SMARTS) is 1. The van der Waals surface area contributed by atoms with Gasteiger partial charge in [0.15, 0.2) is 0 Å². The fourth-order valence-corrected chi connectivity index (χ4v) is 1.39. The van der Waals surface area contributed by atoms with Crippen molar-refractivity contribution < 1.29 is 15.0 Å². The molecular weight excluding hydrogens is 156 g/mol. The van der Waals surface area contributed by atoms with Gasteiger partial charge in [-0.3, -0.25) is 0 Å². The van der Waals surface area contributed by atoms with Gasteiger partial charge < -0.3 is 10.2 Å². The van der Waals surface area contributed by atoms with Crippen LogP contribution >= 0.6 is 0 Å². The van der Waals surface area contributed by atoms with Crippen molar-refractivity contribution in [1.82, 2.24) is 0 Å². The Labute approximate surface area is 71.7 Å². The van der Waals surface area contributed by atoms with E-state index in [1.165, 1.54) is 0 Å². The summed E-state index contributed by atoms with van der Waals surface area (Å²) in [6.45, 7) is 0. The van der Waals surface area contributed by atoms with Crippen molar-refractivity contribution in [2.75, 3.05) is 0 Å². The number of aliphatic hydroxyl groups is 1. The molecule has 1 unspecified atom stereocenters. The van der Waals surface area contributed by atoms with E-state index < -0.39 is 5.97 Å². The molecule has 0 heterocycles. The largest absolute Gasteiger partial charge is 0.478 e. The highest BCUT2D eigenvalue weighted by Gasteiger charge is 2.12. The first-order chi connectivity index (χ1) is 5.70. The summed E-state index contributed by atoms with van der Waals surface area (Å²) >= 11 is 0. The Morgan fingerprint density at radius 1 is 1.50 bits per heavy atom. The highest BCUT2D eigenvalue weighted by atomic mass is 16.4. The summed E-state index contributed by atoms with van der Waals surface area (Å²) in [6.07, 6.45) is 5.01. The molecule has 0 bridgehead atoms. The fourth-order valence-electron chi connectivity index (χ4n) is 1.39. The van der Waals surface area contributed by atoms with Crippen LogP contribution in [0.25, 0.3) is 0 Å². The topological polar surface area (TPSA) is 57.5 Å². The van der Waals surface area contributed by atoms with Gasteiger partial charge in [-0.1, -0.05) is 12.5 Å². The molecule has 0 fully saturated rings. The van der Waals surface area contributed by atoms with E-state index in [0.717, 1.165) is 19.3 Å². The molecular formula is C9H14O3. The molecule has 68 valence electrons. The van der Waals surface area contributed by atoms with Crippen LogP contribution in [0.4, 0.5) is 0 Å². The molecule has 1 rings (SSSR count). The summed E-state index contributed by atoms with van der Waals surface area (Å²) in [5.74, 6) is -0.843. The van der Waals surface area contributed by atoms with Gasteiger partial charge in [0.05, 0.1) is 6.10 Å². The van der Waals surface area contributed by atoms with Crippen LogP contribution in [0.5, 0.6) is 0 Å². The second kappa shape index (κ2) is 4.26. The predicted octanol–water partition coefficient (Wildman–Crippen LogP) is 1.32. The van der Waals surface area contributed by atoms with E-state index in [4.69, 9.17) is 5.11 Å². The molecule has 0 radical (unpaired) electrons. The lowest BCUT2D eigenvalue weighted by molar-refractivity contribution is -0.132. The minimum atomic E-state index is -0.843. The van der Waals surface area contributed by atoms with Crippen molar-refractivity contribution in [3.05, 3.63) is 11.6 Å². The molecule has 1 aliphatic carbocycles. The Morgan fingerprint density at radius 3 is 2.92 bits per heavy atom. The smallest absolute Gasteiger partial charge is 0.331 e. The average Bonchev–Trinajstić information content (AvgIpc) is 1.97. The number of hydrogen-bond donors (Lipinski definition) is 2. The van der Waals surface area contributed by atoms with Crippen molar-refractivity contribution in [2.24, 2.45) is 0 Å². The summed E-state index contributed by atoms with van der Waals surface area (Å²) in [6, 6.07) is 0. The zero-order valence-electron chi connectivity index (χ0n) is 6.99. The number of carboxylic acids is 1. The maximum atomic E-state index is 10.6. The van der Waals surface area contributed by atoms with Crippen molar-refractivity contribution in [2.45, 2.75) is 38.2 Å². The highest BCUT2D eigenvalue weighted by molar-refractivity contribution is 5.86. The third kappa shape index (κ3) is 2.66. The Bertz CT molecular complexity index is 196. The molecule has 2 N–H and O–H groups in total. The van der Waals surface area contributed by atoms with Crippen molar-refractivity contribution in [3.63, 3.8) is 0 Å². The van der Waals surface area contributed by atoms with Crippen molar-refractivity contribution >= 4 is 5.97 Å². The summed E-state index contributed by atoms with van der Waals surface area (Å²) in [7, 11) is 0. The van der Waals surface area contributed by atoms with E-state index in [1.807, 2.05) is 0 Å². The van der Waals surface area contributed by atoms with Crippen LogP contribution in [0, 0.1) is 0 Å². The van der Waals surface area contributed by atoms with E-state index >= 15 is 0 Å². The summed E-state index contributed by atoms with van der Waals surface area (Å²) < 4.78 is 0. The van der Waals surface area contributed by atoms with E-state index in [1.54, 1.807) is 6.08 Å². The quantitative estimate of drug-likeness (QED) is 0.624. The molecule has 0 aliphatic heterocycles. The fraction of sp³-hybridized carbons (Fsp3) is 0.667. The van der Waals surface area contributed by atoms with Crippen molar-refractivity contribution in [1.29, 1.82) is 0 Å². The molecule has 1 atom stereocenters. The number of aliphatic carboxylic acids is 1. The monoisotopic (exact) mass is 170 g/mol. The van der Waals surface area contributed by atoms with Gasteiger partial charge in [-0.15, -0.1) is 0 Å². The molecule has 3 heteroatoms. The van der Waals surface area contributed by atoms with Crippen molar-refractivity contribution in [3.8, 4) is 0 Å². The molecule has 0 saturated heterocycles. The molecule has 0 aromatic carbocycles. The highest BCUT2D eigenvalue weighted by Crippen LogP contribution is 2.17. The maximum Gasteiger partial charge on any atom is 0.331 e. The minimum absolute atomic E-state index is 0.348. The molecule has 3 nitrogen and oxygen atoms in total. The van der Waals surface area contributed by atoms with Gasteiger partial charge in [-0.05, 0) is 25.7 Å². The lowest BCUT2D eigenvalue weighted by Crippen LogP contribution is -2.10. The average molecular weight is 170 g/mol. The van der Waals surface area contributed by atoms with Crippen LogP contribution in [0.2, 0.25) is 0 Å². The van der Waals surface area contributed by atoms with Crippen LogP contribution in [0.1, 0.15) is 32.1 Å². The SMILES string of the molecule is O=C(O)/C1=C/CC(O)CCCC1. The molecule has 0 amide bonds. The van der Waals surface area contributed by atoms with Gasteiger partial charge in [0, 0.05) is 5.57 Å². The van der Waals surface area contributed by atoms with E-state index in [-0.39, 0.29) is 6.10 Å². The Kier molecular flexibility index (Phi) is 3.29. The molecule has 0 saturated carbocycles. The Balaban J connectivity index is 2.59. The van der Waals surface area contributed by atoms with Crippen LogP contribution < -0.4 is 0 Å². The third-order valence-electron chi connectivity index (χ3n) is 2.14. The number of rotatable bonds is 1. The second-order valence-corrected chi connectivity index (χ2v) is 3.17. The first-order valence-electron chi connectivity index (χ1n) is 4.30. The first kappa shape index (κ1) is 9.26. The van der Waals surface area contributed by atoms with Gasteiger partial charge in [-0.2, -0.15) is 0 Å². The number of hydrogen-bond acceptors (Lipinski definition) is 2. The van der Waals surface area contributed by atoms with Gasteiger partial charge in [-0.25, -0.2) is 4.79 Å². The zero-order chi connectivity index (χ0) is 8.97. The van der Waals surface area contributed by atoms with Gasteiger partial charge in [0.1, 0.15) is 0 Å². The van der Waals surface area contributed by atoms with Gasteiger partial charge in [0.25, 0.3) is 0 Å². The zero-order valence-corrected chi connectivity index (χ0v) is 6.99. The lowest BCUT2D eigenvalue weighted by atomic mass is 9.98.